The molecule has 0 fully saturated rings. The van der Waals surface area contributed by atoms with Gasteiger partial charge < -0.3 is 19.9 Å². The first kappa shape index (κ1) is 25.2. The van der Waals surface area contributed by atoms with Crippen LogP contribution in [0.15, 0.2) is 82.3 Å². The summed E-state index contributed by atoms with van der Waals surface area (Å²) in [5.41, 5.74) is 1.56. The van der Waals surface area contributed by atoms with Gasteiger partial charge in [0.25, 0.3) is 5.91 Å². The van der Waals surface area contributed by atoms with E-state index in [1.54, 1.807) is 12.1 Å². The minimum Gasteiger partial charge on any atom is -0.494 e. The Morgan fingerprint density at radius 1 is 1.11 bits per heavy atom. The largest absolute Gasteiger partial charge is 0.494 e. The number of nitrogens with zero attached hydrogens (tertiary/aromatic N) is 1. The molecule has 0 aromatic heterocycles. The quantitative estimate of drug-likeness (QED) is 0.346. The molecule has 0 unspecified atom stereocenters. The number of aliphatic hydroxyl groups excluding tert-OH is 1. The van der Waals surface area contributed by atoms with Gasteiger partial charge in [-0.3, -0.25) is 4.79 Å². The molecule has 6 nitrogen and oxygen atoms in total. The van der Waals surface area contributed by atoms with E-state index < -0.39 is 5.54 Å². The minimum absolute atomic E-state index is 0.0857. The molecule has 1 amide bonds. The van der Waals surface area contributed by atoms with E-state index in [0.29, 0.717) is 42.7 Å². The number of carbonyl (C=O) groups is 1. The number of nitrogens with one attached hydrogen (secondary N) is 1. The van der Waals surface area contributed by atoms with Crippen LogP contribution in [0.1, 0.15) is 23.1 Å². The lowest BCUT2D eigenvalue weighted by molar-refractivity contribution is -0.126. The monoisotopic (exact) mass is 556 g/mol. The summed E-state index contributed by atoms with van der Waals surface area (Å²) in [6, 6.07) is 22.5. The van der Waals surface area contributed by atoms with Crippen molar-refractivity contribution < 1.29 is 19.4 Å². The zero-order valence-corrected chi connectivity index (χ0v) is 21.4. The highest BCUT2D eigenvalue weighted by Gasteiger charge is 2.44. The second-order valence-electron chi connectivity index (χ2n) is 8.26. The zero-order valence-electron chi connectivity index (χ0n) is 19.0. The van der Waals surface area contributed by atoms with Crippen molar-refractivity contribution in [3.05, 3.63) is 99.0 Å². The molecule has 3 aromatic carbocycles. The Labute approximate surface area is 218 Å². The van der Waals surface area contributed by atoms with Crippen molar-refractivity contribution in [1.29, 1.82) is 0 Å². The number of ether oxygens (including phenoxy) is 2. The maximum Gasteiger partial charge on any atom is 0.252 e. The van der Waals surface area contributed by atoms with Gasteiger partial charge in [0.15, 0.2) is 5.54 Å². The molecule has 35 heavy (non-hydrogen) atoms. The number of aliphatic hydroxyl groups is 1. The highest BCUT2D eigenvalue weighted by atomic mass is 79.9. The van der Waals surface area contributed by atoms with Gasteiger partial charge in [0.1, 0.15) is 12.4 Å². The molecule has 4 rings (SSSR count). The molecule has 0 saturated heterocycles. The molecule has 0 bridgehead atoms. The number of benzene rings is 3. The van der Waals surface area contributed by atoms with Crippen LogP contribution in [0.3, 0.4) is 0 Å². The maximum absolute atomic E-state index is 13.5. The molecule has 1 heterocycles. The Kier molecular flexibility index (Phi) is 8.44. The van der Waals surface area contributed by atoms with Crippen LogP contribution in [0.2, 0.25) is 5.02 Å². The molecule has 182 valence electrons. The van der Waals surface area contributed by atoms with Crippen LogP contribution in [0, 0.1) is 0 Å². The topological polar surface area (TPSA) is 80.2 Å². The Morgan fingerprint density at radius 2 is 1.86 bits per heavy atom. The van der Waals surface area contributed by atoms with Gasteiger partial charge >= 0.3 is 0 Å². The lowest BCUT2D eigenvalue weighted by atomic mass is 9.91. The molecular formula is C27H26BrClN2O4. The number of amides is 1. The van der Waals surface area contributed by atoms with Crippen LogP contribution in [0.25, 0.3) is 0 Å². The van der Waals surface area contributed by atoms with Crippen LogP contribution < -0.4 is 10.1 Å². The van der Waals surface area contributed by atoms with Gasteiger partial charge in [0.2, 0.25) is 5.90 Å². The predicted octanol–water partition coefficient (Wildman–Crippen LogP) is 4.94. The van der Waals surface area contributed by atoms with E-state index in [1.165, 1.54) is 0 Å². The first-order chi connectivity index (χ1) is 17.0. The van der Waals surface area contributed by atoms with E-state index in [0.717, 1.165) is 21.2 Å². The second kappa shape index (κ2) is 11.7. The summed E-state index contributed by atoms with van der Waals surface area (Å²) in [6.45, 7) is 1.02. The summed E-state index contributed by atoms with van der Waals surface area (Å²) in [6.07, 6.45) is 0.951. The molecular weight excluding hydrogens is 532 g/mol. The van der Waals surface area contributed by atoms with Crippen LogP contribution >= 0.6 is 27.5 Å². The average molecular weight is 558 g/mol. The summed E-state index contributed by atoms with van der Waals surface area (Å²) in [4.78, 5) is 18.3. The molecule has 2 N–H and O–H groups in total. The number of carbonyl (C=O) groups excluding carboxylic acids is 1. The van der Waals surface area contributed by atoms with Crippen LogP contribution in [-0.2, 0) is 22.5 Å². The normalized spacial score (nSPS) is 16.9. The van der Waals surface area contributed by atoms with Gasteiger partial charge in [-0.1, -0.05) is 57.9 Å². The molecule has 0 spiro atoms. The van der Waals surface area contributed by atoms with E-state index in [4.69, 9.17) is 31.2 Å². The molecule has 8 heteroatoms. The van der Waals surface area contributed by atoms with E-state index in [9.17, 15) is 4.79 Å². The van der Waals surface area contributed by atoms with Gasteiger partial charge in [0.05, 0.1) is 6.61 Å². The summed E-state index contributed by atoms with van der Waals surface area (Å²) >= 11 is 9.57. The summed E-state index contributed by atoms with van der Waals surface area (Å²) < 4.78 is 12.5. The van der Waals surface area contributed by atoms with Crippen molar-refractivity contribution in [2.75, 3.05) is 19.8 Å². The SMILES string of the molecule is O=C(NCc1ccc(Cl)cc1)[C@@]1(Cc2ccccc2Br)COC(c2ccc(OCCCO)cc2)=N1. The van der Waals surface area contributed by atoms with Crippen LogP contribution in [0.5, 0.6) is 5.75 Å². The number of halogens is 2. The van der Waals surface area contributed by atoms with Crippen molar-refractivity contribution in [3.8, 4) is 5.75 Å². The number of aliphatic imine (C=N–C) groups is 1. The number of rotatable bonds is 10. The number of hydrogen-bond acceptors (Lipinski definition) is 5. The summed E-state index contributed by atoms with van der Waals surface area (Å²) in [7, 11) is 0. The first-order valence-electron chi connectivity index (χ1n) is 11.3. The average Bonchev–Trinajstić information content (AvgIpc) is 3.31. The van der Waals surface area contributed by atoms with Gasteiger partial charge in [-0.15, -0.1) is 0 Å². The lowest BCUT2D eigenvalue weighted by Crippen LogP contribution is -2.48. The van der Waals surface area contributed by atoms with Crippen LogP contribution in [0.4, 0.5) is 0 Å². The molecule has 3 aromatic rings. The third-order valence-corrected chi connectivity index (χ3v) is 6.69. The Hall–Kier alpha value is -2.87. The van der Waals surface area contributed by atoms with Crippen molar-refractivity contribution in [2.24, 2.45) is 4.99 Å². The highest BCUT2D eigenvalue weighted by molar-refractivity contribution is 9.10. The molecule has 0 aliphatic carbocycles. The molecule has 1 atom stereocenters. The van der Waals surface area contributed by atoms with E-state index in [-0.39, 0.29) is 19.1 Å². The molecule has 1 aliphatic heterocycles. The minimum atomic E-state index is -1.11. The first-order valence-corrected chi connectivity index (χ1v) is 12.5. The van der Waals surface area contributed by atoms with Gasteiger partial charge in [-0.2, -0.15) is 0 Å². The zero-order chi connectivity index (χ0) is 24.7. The molecule has 0 radical (unpaired) electrons. The van der Waals surface area contributed by atoms with Crippen molar-refractivity contribution in [3.63, 3.8) is 0 Å². The third kappa shape index (κ3) is 6.42. The third-order valence-electron chi connectivity index (χ3n) is 5.67. The van der Waals surface area contributed by atoms with Crippen molar-refractivity contribution in [1.82, 2.24) is 5.32 Å². The van der Waals surface area contributed by atoms with Gasteiger partial charge in [0, 0.05) is 41.1 Å². The second-order valence-corrected chi connectivity index (χ2v) is 9.56. The fourth-order valence-corrected chi connectivity index (χ4v) is 4.29. The standard InChI is InChI=1S/C27H26BrClN2O4/c28-24-5-2-1-4-21(24)16-27(26(33)30-17-19-6-10-22(29)11-7-19)18-35-25(31-27)20-8-12-23(13-9-20)34-15-3-14-32/h1-2,4-13,32H,3,14-18H2,(H,30,33)/t27-/m1/s1. The Bertz CT molecular complexity index is 1180. The highest BCUT2D eigenvalue weighted by Crippen LogP contribution is 2.30. The van der Waals surface area contributed by atoms with Crippen molar-refractivity contribution in [2.45, 2.75) is 24.9 Å². The summed E-state index contributed by atoms with van der Waals surface area (Å²) in [5.74, 6) is 0.906. The predicted molar refractivity (Wildman–Crippen MR) is 140 cm³/mol. The van der Waals surface area contributed by atoms with Crippen molar-refractivity contribution >= 4 is 39.3 Å². The van der Waals surface area contributed by atoms with E-state index in [2.05, 4.69) is 21.2 Å². The van der Waals surface area contributed by atoms with E-state index >= 15 is 0 Å². The summed E-state index contributed by atoms with van der Waals surface area (Å²) in [5, 5.41) is 12.6. The fourth-order valence-electron chi connectivity index (χ4n) is 3.74. The maximum atomic E-state index is 13.5. The van der Waals surface area contributed by atoms with Crippen LogP contribution in [-0.4, -0.2) is 42.3 Å². The van der Waals surface area contributed by atoms with E-state index in [1.807, 2.05) is 60.7 Å². The smallest absolute Gasteiger partial charge is 0.252 e. The van der Waals surface area contributed by atoms with Gasteiger partial charge in [-0.05, 0) is 53.6 Å². The molecule has 1 aliphatic rings. The fraction of sp³-hybridized carbons (Fsp3) is 0.259. The van der Waals surface area contributed by atoms with Gasteiger partial charge in [-0.25, -0.2) is 4.99 Å². The molecule has 0 saturated carbocycles. The number of hydrogen-bond donors (Lipinski definition) is 2. The Balaban J connectivity index is 1.56. The Morgan fingerprint density at radius 3 is 2.57 bits per heavy atom. The lowest BCUT2D eigenvalue weighted by Gasteiger charge is -2.24.